The Morgan fingerprint density at radius 1 is 1.03 bits per heavy atom. The Kier molecular flexibility index (Phi) is 7.77. The summed E-state index contributed by atoms with van der Waals surface area (Å²) in [6, 6.07) is 17.6. The Labute approximate surface area is 205 Å². The highest BCUT2D eigenvalue weighted by molar-refractivity contribution is 5.98. The van der Waals surface area contributed by atoms with Crippen LogP contribution in [0.25, 0.3) is 0 Å². The second-order valence-corrected chi connectivity index (χ2v) is 8.32. The molecule has 0 aliphatic carbocycles. The first-order valence-corrected chi connectivity index (χ1v) is 11.5. The Morgan fingerprint density at radius 2 is 1.77 bits per heavy atom. The fraction of sp³-hybridized carbons (Fsp3) is 0.250. The summed E-state index contributed by atoms with van der Waals surface area (Å²) in [5.74, 6) is 0.480. The summed E-state index contributed by atoms with van der Waals surface area (Å²) in [4.78, 5) is 33.3. The molecule has 2 amide bonds. The molecular formula is C28H29N3O4. The zero-order valence-corrected chi connectivity index (χ0v) is 19.9. The summed E-state index contributed by atoms with van der Waals surface area (Å²) >= 11 is 0. The van der Waals surface area contributed by atoms with Crippen LogP contribution < -0.4 is 14.8 Å². The molecule has 0 radical (unpaired) electrons. The summed E-state index contributed by atoms with van der Waals surface area (Å²) in [5, 5.41) is 2.97. The monoisotopic (exact) mass is 471 g/mol. The SMILES string of the molecule is COc1cc(OC)cc(C(=O)N[C@H](Cc2ccccc2)C(=O)N2CC=CCC2c2cccnc2)c1. The molecule has 0 spiro atoms. The van der Waals surface area contributed by atoms with Gasteiger partial charge >= 0.3 is 0 Å². The van der Waals surface area contributed by atoms with Crippen LogP contribution in [0, 0.1) is 0 Å². The van der Waals surface area contributed by atoms with E-state index in [1.165, 1.54) is 14.2 Å². The highest BCUT2D eigenvalue weighted by atomic mass is 16.5. The highest BCUT2D eigenvalue weighted by Crippen LogP contribution is 2.28. The lowest BCUT2D eigenvalue weighted by molar-refractivity contribution is -0.135. The topological polar surface area (TPSA) is 80.8 Å². The number of pyridine rings is 1. The molecule has 3 aromatic rings. The first-order valence-electron chi connectivity index (χ1n) is 11.5. The largest absolute Gasteiger partial charge is 0.497 e. The third-order valence-corrected chi connectivity index (χ3v) is 6.06. The van der Waals surface area contributed by atoms with Gasteiger partial charge in [0.1, 0.15) is 17.5 Å². The van der Waals surface area contributed by atoms with Crippen molar-refractivity contribution in [2.75, 3.05) is 20.8 Å². The van der Waals surface area contributed by atoms with E-state index < -0.39 is 6.04 Å². The number of carbonyl (C=O) groups excluding carboxylic acids is 2. The third-order valence-electron chi connectivity index (χ3n) is 6.06. The van der Waals surface area contributed by atoms with Crippen LogP contribution in [0.3, 0.4) is 0 Å². The molecule has 1 aliphatic rings. The van der Waals surface area contributed by atoms with E-state index in [-0.39, 0.29) is 17.9 Å². The van der Waals surface area contributed by atoms with Crippen LogP contribution in [0.4, 0.5) is 0 Å². The number of ether oxygens (including phenoxy) is 2. The van der Waals surface area contributed by atoms with E-state index in [1.807, 2.05) is 53.4 Å². The minimum absolute atomic E-state index is 0.143. The Balaban J connectivity index is 1.63. The van der Waals surface area contributed by atoms with Gasteiger partial charge in [0, 0.05) is 37.0 Å². The normalized spacial score (nSPS) is 15.8. The van der Waals surface area contributed by atoms with Crippen molar-refractivity contribution in [1.82, 2.24) is 15.2 Å². The molecule has 2 atom stereocenters. The van der Waals surface area contributed by atoms with Crippen molar-refractivity contribution < 1.29 is 19.1 Å². The maximum absolute atomic E-state index is 13.9. The van der Waals surface area contributed by atoms with Gasteiger partial charge in [-0.15, -0.1) is 0 Å². The second-order valence-electron chi connectivity index (χ2n) is 8.32. The van der Waals surface area contributed by atoms with Crippen LogP contribution in [0.2, 0.25) is 0 Å². The van der Waals surface area contributed by atoms with Gasteiger partial charge in [-0.05, 0) is 35.7 Å². The van der Waals surface area contributed by atoms with Crippen LogP contribution in [0.5, 0.6) is 11.5 Å². The number of nitrogens with one attached hydrogen (secondary N) is 1. The van der Waals surface area contributed by atoms with Gasteiger partial charge in [0.25, 0.3) is 5.91 Å². The Bertz CT molecular complexity index is 1160. The number of hydrogen-bond acceptors (Lipinski definition) is 5. The van der Waals surface area contributed by atoms with Crippen molar-refractivity contribution in [3.63, 3.8) is 0 Å². The average Bonchev–Trinajstić information content (AvgIpc) is 2.93. The zero-order valence-electron chi connectivity index (χ0n) is 19.9. The van der Waals surface area contributed by atoms with Gasteiger partial charge in [0.2, 0.25) is 5.91 Å². The van der Waals surface area contributed by atoms with Gasteiger partial charge in [0.05, 0.1) is 20.3 Å². The Morgan fingerprint density at radius 3 is 2.43 bits per heavy atom. The molecule has 2 aromatic carbocycles. The molecule has 4 rings (SSSR count). The van der Waals surface area contributed by atoms with E-state index in [1.54, 1.807) is 30.6 Å². The summed E-state index contributed by atoms with van der Waals surface area (Å²) in [6.45, 7) is 0.465. The molecule has 180 valence electrons. The number of aromatic nitrogens is 1. The maximum Gasteiger partial charge on any atom is 0.252 e. The van der Waals surface area contributed by atoms with Crippen LogP contribution in [-0.4, -0.2) is 48.5 Å². The van der Waals surface area contributed by atoms with Gasteiger partial charge in [-0.25, -0.2) is 0 Å². The van der Waals surface area contributed by atoms with E-state index >= 15 is 0 Å². The molecule has 7 heteroatoms. The third kappa shape index (κ3) is 5.87. The lowest BCUT2D eigenvalue weighted by atomic mass is 9.97. The molecule has 35 heavy (non-hydrogen) atoms. The smallest absolute Gasteiger partial charge is 0.252 e. The number of methoxy groups -OCH3 is 2. The first kappa shape index (κ1) is 24.0. The lowest BCUT2D eigenvalue weighted by Crippen LogP contribution is -2.51. The van der Waals surface area contributed by atoms with E-state index in [2.05, 4.69) is 16.4 Å². The second kappa shape index (κ2) is 11.3. The minimum atomic E-state index is -0.757. The van der Waals surface area contributed by atoms with Gasteiger partial charge in [-0.2, -0.15) is 0 Å². The number of amides is 2. The molecule has 0 saturated carbocycles. The van der Waals surface area contributed by atoms with E-state index in [0.29, 0.717) is 36.4 Å². The molecule has 1 unspecified atom stereocenters. The average molecular weight is 472 g/mol. The summed E-state index contributed by atoms with van der Waals surface area (Å²) in [6.07, 6.45) is 8.63. The van der Waals surface area contributed by atoms with Crippen LogP contribution in [-0.2, 0) is 11.2 Å². The van der Waals surface area contributed by atoms with Gasteiger partial charge < -0.3 is 19.7 Å². The predicted octanol–water partition coefficient (Wildman–Crippen LogP) is 3.97. The van der Waals surface area contributed by atoms with Crippen molar-refractivity contribution in [2.24, 2.45) is 0 Å². The zero-order chi connectivity index (χ0) is 24.6. The van der Waals surface area contributed by atoms with Gasteiger partial charge in [-0.3, -0.25) is 14.6 Å². The van der Waals surface area contributed by atoms with Crippen molar-refractivity contribution >= 4 is 11.8 Å². The minimum Gasteiger partial charge on any atom is -0.497 e. The van der Waals surface area contributed by atoms with Crippen LogP contribution >= 0.6 is 0 Å². The Hall–Kier alpha value is -4.13. The molecule has 1 aromatic heterocycles. The number of carbonyl (C=O) groups is 2. The van der Waals surface area contributed by atoms with Crippen LogP contribution in [0.15, 0.2) is 85.2 Å². The standard InChI is InChI=1S/C28H29N3O4/c1-34-23-16-22(17-24(18-23)35-2)27(32)30-25(15-20-9-4-3-5-10-20)28(33)31-14-7-6-12-26(31)21-11-8-13-29-19-21/h3-11,13,16-19,25-26H,12,14-15H2,1-2H3,(H,30,32)/t25-,26?/m1/s1. The summed E-state index contributed by atoms with van der Waals surface area (Å²) in [5.41, 5.74) is 2.28. The van der Waals surface area contributed by atoms with Crippen LogP contribution in [0.1, 0.15) is 33.9 Å². The van der Waals surface area contributed by atoms with Crippen molar-refractivity contribution in [3.05, 3.63) is 102 Å². The van der Waals surface area contributed by atoms with Crippen molar-refractivity contribution in [3.8, 4) is 11.5 Å². The summed E-state index contributed by atoms with van der Waals surface area (Å²) in [7, 11) is 3.06. The summed E-state index contributed by atoms with van der Waals surface area (Å²) < 4.78 is 10.6. The molecule has 1 aliphatic heterocycles. The molecule has 0 fully saturated rings. The van der Waals surface area contributed by atoms with E-state index in [9.17, 15) is 9.59 Å². The fourth-order valence-corrected chi connectivity index (χ4v) is 4.23. The molecular weight excluding hydrogens is 442 g/mol. The van der Waals surface area contributed by atoms with Gasteiger partial charge in [-0.1, -0.05) is 48.6 Å². The quantitative estimate of drug-likeness (QED) is 0.503. The predicted molar refractivity (Wildman–Crippen MR) is 133 cm³/mol. The first-order chi connectivity index (χ1) is 17.1. The molecule has 7 nitrogen and oxygen atoms in total. The number of benzene rings is 2. The fourth-order valence-electron chi connectivity index (χ4n) is 4.23. The number of hydrogen-bond donors (Lipinski definition) is 1. The number of nitrogens with zero attached hydrogens (tertiary/aromatic N) is 2. The molecule has 1 N–H and O–H groups in total. The lowest BCUT2D eigenvalue weighted by Gasteiger charge is -2.36. The van der Waals surface area contributed by atoms with Crippen molar-refractivity contribution in [1.29, 1.82) is 0 Å². The van der Waals surface area contributed by atoms with E-state index in [0.717, 1.165) is 11.1 Å². The van der Waals surface area contributed by atoms with Crippen molar-refractivity contribution in [2.45, 2.75) is 24.9 Å². The van der Waals surface area contributed by atoms with E-state index in [4.69, 9.17) is 9.47 Å². The molecule has 2 heterocycles. The van der Waals surface area contributed by atoms with Gasteiger partial charge in [0.15, 0.2) is 0 Å². The highest BCUT2D eigenvalue weighted by Gasteiger charge is 2.32. The maximum atomic E-state index is 13.9. The number of rotatable bonds is 8. The molecule has 0 bridgehead atoms. The molecule has 0 saturated heterocycles.